The van der Waals surface area contributed by atoms with Crippen molar-refractivity contribution in [2.75, 3.05) is 4.72 Å². The molecule has 0 aliphatic heterocycles. The molecule has 1 aromatic carbocycles. The normalized spacial score (nSPS) is 11.3. The molecule has 0 spiro atoms. The Hall–Kier alpha value is -0.930. The smallest absolute Gasteiger partial charge is 0.263 e. The first-order valence-electron chi connectivity index (χ1n) is 4.98. The van der Waals surface area contributed by atoms with Crippen LogP contribution in [0.2, 0.25) is 5.02 Å². The summed E-state index contributed by atoms with van der Waals surface area (Å²) < 4.78 is 40.3. The van der Waals surface area contributed by atoms with Crippen molar-refractivity contribution >= 4 is 50.0 Å². The summed E-state index contributed by atoms with van der Waals surface area (Å²) in [6.45, 7) is 0. The van der Waals surface area contributed by atoms with Crippen LogP contribution in [0.3, 0.4) is 0 Å². The van der Waals surface area contributed by atoms with Crippen LogP contribution in [0.4, 0.5) is 10.2 Å². The monoisotopic (exact) mass is 412 g/mol. The van der Waals surface area contributed by atoms with E-state index < -0.39 is 15.8 Å². The minimum atomic E-state index is -3.97. The molecule has 0 saturated heterocycles. The van der Waals surface area contributed by atoms with Crippen molar-refractivity contribution in [3.8, 4) is 0 Å². The number of sulfonamides is 1. The number of anilines is 1. The minimum absolute atomic E-state index is 0.0561. The van der Waals surface area contributed by atoms with Crippen molar-refractivity contribution in [2.45, 2.75) is 4.90 Å². The Balaban J connectivity index is 2.37. The van der Waals surface area contributed by atoms with Gasteiger partial charge in [-0.2, -0.15) is 0 Å². The zero-order valence-corrected chi connectivity index (χ0v) is 13.0. The SMILES string of the molecule is O=S(=O)(Nc1ccc(I)cn1)c1cc(F)ccc1Cl. The molecule has 0 fully saturated rings. The van der Waals surface area contributed by atoms with Gasteiger partial charge in [-0.1, -0.05) is 11.6 Å². The Bertz CT molecular complexity index is 707. The highest BCUT2D eigenvalue weighted by Gasteiger charge is 2.19. The Kier molecular flexibility index (Phi) is 4.26. The summed E-state index contributed by atoms with van der Waals surface area (Å²) in [5.74, 6) is -0.541. The lowest BCUT2D eigenvalue weighted by molar-refractivity contribution is 0.595. The molecular formula is C11H7ClFIN2O2S. The summed E-state index contributed by atoms with van der Waals surface area (Å²) >= 11 is 7.81. The maximum absolute atomic E-state index is 13.1. The van der Waals surface area contributed by atoms with Crippen LogP contribution in [-0.4, -0.2) is 13.4 Å². The van der Waals surface area contributed by atoms with E-state index in [4.69, 9.17) is 11.6 Å². The van der Waals surface area contributed by atoms with Crippen molar-refractivity contribution in [1.82, 2.24) is 4.98 Å². The van der Waals surface area contributed by atoms with E-state index in [2.05, 4.69) is 9.71 Å². The van der Waals surface area contributed by atoms with E-state index in [1.807, 2.05) is 22.6 Å². The third-order valence-corrected chi connectivity index (χ3v) is 4.62. The van der Waals surface area contributed by atoms with Gasteiger partial charge in [0, 0.05) is 9.77 Å². The fourth-order valence-corrected chi connectivity index (χ4v) is 3.15. The Morgan fingerprint density at radius 1 is 1.26 bits per heavy atom. The standard InChI is InChI=1S/C11H7ClFIN2O2S/c12-9-3-1-7(13)5-10(9)19(17,18)16-11-4-2-8(14)6-15-11/h1-6H,(H,15,16). The van der Waals surface area contributed by atoms with Crippen molar-refractivity contribution in [3.05, 3.63) is 50.9 Å². The van der Waals surface area contributed by atoms with Crippen LogP contribution >= 0.6 is 34.2 Å². The summed E-state index contributed by atoms with van der Waals surface area (Å²) in [4.78, 5) is 3.58. The summed E-state index contributed by atoms with van der Waals surface area (Å²) in [6, 6.07) is 6.33. The molecule has 0 radical (unpaired) electrons. The predicted molar refractivity (Wildman–Crippen MR) is 79.2 cm³/mol. The van der Waals surface area contributed by atoms with Crippen molar-refractivity contribution in [3.63, 3.8) is 0 Å². The van der Waals surface area contributed by atoms with Crippen LogP contribution < -0.4 is 4.72 Å². The summed E-state index contributed by atoms with van der Waals surface area (Å²) in [5, 5.41) is -0.0561. The predicted octanol–water partition coefficient (Wildman–Crippen LogP) is 3.28. The molecule has 100 valence electrons. The molecule has 1 N–H and O–H groups in total. The van der Waals surface area contributed by atoms with Crippen LogP contribution in [-0.2, 0) is 10.0 Å². The Morgan fingerprint density at radius 2 is 2.00 bits per heavy atom. The van der Waals surface area contributed by atoms with Gasteiger partial charge in [0.25, 0.3) is 10.0 Å². The van der Waals surface area contributed by atoms with Gasteiger partial charge in [0.15, 0.2) is 0 Å². The second kappa shape index (κ2) is 5.59. The second-order valence-corrected chi connectivity index (χ2v) is 6.85. The molecule has 19 heavy (non-hydrogen) atoms. The molecule has 1 heterocycles. The number of aromatic nitrogens is 1. The molecule has 0 amide bonds. The average Bonchev–Trinajstić information content (AvgIpc) is 2.35. The molecule has 1 aromatic heterocycles. The summed E-state index contributed by atoms with van der Waals surface area (Å²) in [5.41, 5.74) is 0. The van der Waals surface area contributed by atoms with E-state index in [9.17, 15) is 12.8 Å². The lowest BCUT2D eigenvalue weighted by Crippen LogP contribution is -2.14. The van der Waals surface area contributed by atoms with Crippen LogP contribution in [0.25, 0.3) is 0 Å². The van der Waals surface area contributed by atoms with Crippen molar-refractivity contribution < 1.29 is 12.8 Å². The van der Waals surface area contributed by atoms with Gasteiger partial charge in [-0.15, -0.1) is 0 Å². The van der Waals surface area contributed by atoms with Gasteiger partial charge >= 0.3 is 0 Å². The largest absolute Gasteiger partial charge is 0.264 e. The lowest BCUT2D eigenvalue weighted by atomic mass is 10.3. The number of rotatable bonds is 3. The van der Waals surface area contributed by atoms with Crippen LogP contribution in [0.5, 0.6) is 0 Å². The van der Waals surface area contributed by atoms with E-state index >= 15 is 0 Å². The molecule has 0 bridgehead atoms. The summed E-state index contributed by atoms with van der Waals surface area (Å²) in [7, 11) is -3.97. The highest BCUT2D eigenvalue weighted by atomic mass is 127. The highest BCUT2D eigenvalue weighted by molar-refractivity contribution is 14.1. The molecule has 0 unspecified atom stereocenters. The number of hydrogen-bond donors (Lipinski definition) is 1. The molecule has 0 saturated carbocycles. The quantitative estimate of drug-likeness (QED) is 0.787. The third kappa shape index (κ3) is 3.54. The zero-order chi connectivity index (χ0) is 14.0. The molecule has 0 aliphatic rings. The van der Waals surface area contributed by atoms with Crippen molar-refractivity contribution in [1.29, 1.82) is 0 Å². The first-order valence-corrected chi connectivity index (χ1v) is 7.92. The van der Waals surface area contributed by atoms with Crippen LogP contribution in [0.15, 0.2) is 41.4 Å². The molecule has 4 nitrogen and oxygen atoms in total. The van der Waals surface area contributed by atoms with Crippen LogP contribution in [0.1, 0.15) is 0 Å². The molecular weight excluding hydrogens is 406 g/mol. The number of hydrogen-bond acceptors (Lipinski definition) is 3. The molecule has 0 atom stereocenters. The highest BCUT2D eigenvalue weighted by Crippen LogP contribution is 2.24. The number of halogens is 3. The number of nitrogens with zero attached hydrogens (tertiary/aromatic N) is 1. The third-order valence-electron chi connectivity index (χ3n) is 2.15. The number of nitrogens with one attached hydrogen (secondary N) is 1. The topological polar surface area (TPSA) is 59.1 Å². The van der Waals surface area contributed by atoms with E-state index in [1.54, 1.807) is 6.07 Å². The molecule has 8 heteroatoms. The lowest BCUT2D eigenvalue weighted by Gasteiger charge is -2.08. The fraction of sp³-hybridized carbons (Fsp3) is 0. The van der Waals surface area contributed by atoms with Gasteiger partial charge in [0.2, 0.25) is 0 Å². The first-order chi connectivity index (χ1) is 8.88. The Labute approximate surface area is 128 Å². The van der Waals surface area contributed by atoms with Crippen LogP contribution in [0, 0.1) is 9.39 Å². The van der Waals surface area contributed by atoms with Crippen molar-refractivity contribution in [2.24, 2.45) is 0 Å². The minimum Gasteiger partial charge on any atom is -0.263 e. The average molecular weight is 413 g/mol. The number of pyridine rings is 1. The molecule has 2 rings (SSSR count). The van der Waals surface area contributed by atoms with Gasteiger partial charge in [0.05, 0.1) is 5.02 Å². The molecule has 2 aromatic rings. The number of benzene rings is 1. The van der Waals surface area contributed by atoms with E-state index in [0.717, 1.165) is 15.7 Å². The molecule has 0 aliphatic carbocycles. The van der Waals surface area contributed by atoms with Gasteiger partial charge < -0.3 is 0 Å². The fourth-order valence-electron chi connectivity index (χ4n) is 1.31. The Morgan fingerprint density at radius 3 is 2.63 bits per heavy atom. The zero-order valence-electron chi connectivity index (χ0n) is 9.27. The van der Waals surface area contributed by atoms with Gasteiger partial charge in [-0.05, 0) is 52.9 Å². The van der Waals surface area contributed by atoms with E-state index in [0.29, 0.717) is 0 Å². The van der Waals surface area contributed by atoms with Gasteiger partial charge in [-0.3, -0.25) is 4.72 Å². The van der Waals surface area contributed by atoms with Gasteiger partial charge in [0.1, 0.15) is 16.5 Å². The first kappa shape index (κ1) is 14.5. The second-order valence-electron chi connectivity index (χ2n) is 3.54. The summed E-state index contributed by atoms with van der Waals surface area (Å²) in [6.07, 6.45) is 1.51. The van der Waals surface area contributed by atoms with E-state index in [1.165, 1.54) is 18.3 Å². The van der Waals surface area contributed by atoms with Gasteiger partial charge in [-0.25, -0.2) is 17.8 Å². The maximum atomic E-state index is 13.1. The maximum Gasteiger partial charge on any atom is 0.264 e. The van der Waals surface area contributed by atoms with E-state index in [-0.39, 0.29) is 15.7 Å².